The zero-order valence-electron chi connectivity index (χ0n) is 21.6. The van der Waals surface area contributed by atoms with E-state index in [1.165, 1.54) is 11.3 Å². The molecule has 10 nitrogen and oxygen atoms in total. The molecular weight excluding hydrogens is 518 g/mol. The number of amides is 2. The molecule has 6 rings (SSSR count). The monoisotopic (exact) mass is 547 g/mol. The van der Waals surface area contributed by atoms with Gasteiger partial charge in [0.15, 0.2) is 10.9 Å². The van der Waals surface area contributed by atoms with Gasteiger partial charge in [-0.3, -0.25) is 0 Å². The molecule has 5 heterocycles. The molecule has 0 radical (unpaired) electrons. The van der Waals surface area contributed by atoms with E-state index in [9.17, 15) is 10.1 Å². The number of fused-ring (bicyclic) bond motifs is 1. The molecule has 3 aromatic heterocycles. The summed E-state index contributed by atoms with van der Waals surface area (Å²) in [5, 5.41) is 16.5. The van der Waals surface area contributed by atoms with Gasteiger partial charge in [-0.05, 0) is 26.2 Å². The van der Waals surface area contributed by atoms with Crippen molar-refractivity contribution in [1.82, 2.24) is 24.5 Å². The number of rotatable bonds is 5. The molecule has 0 atom stereocenters. The van der Waals surface area contributed by atoms with Gasteiger partial charge >= 0.3 is 6.03 Å². The number of carbonyl (C=O) groups excluding carboxylic acids is 1. The summed E-state index contributed by atoms with van der Waals surface area (Å²) in [6, 6.07) is 10.1. The number of carbonyl (C=O) groups is 1. The van der Waals surface area contributed by atoms with Crippen molar-refractivity contribution in [3.05, 3.63) is 40.4 Å². The SMILES string of the molecule is CCc1nc2sc(N3CC4(CCN(C(N)=O)CC4)C3)nn2c1N(C)c1nc(-c2ccc(C)cc2)c(C#N)s1. The van der Waals surface area contributed by atoms with E-state index in [0.717, 1.165) is 83.3 Å². The standard InChI is InChI=1S/C26H29N9OS2/c1-4-18-21(32(3)23-30-20(19(13-27)37-23)17-7-5-16(2)6-8-17)35-24(29-18)38-25(31-35)34-14-26(15-34)9-11-33(12-10-26)22(28)36/h5-8H,4,9-12,14-15H2,1-3H3,(H2,28,36). The highest BCUT2D eigenvalue weighted by atomic mass is 32.1. The Labute approximate surface area is 228 Å². The van der Waals surface area contributed by atoms with Crippen LogP contribution in [0.4, 0.5) is 20.9 Å². The molecule has 0 bridgehead atoms. The van der Waals surface area contributed by atoms with Crippen molar-refractivity contribution in [2.75, 3.05) is 43.0 Å². The number of hydrogen-bond acceptors (Lipinski definition) is 9. The summed E-state index contributed by atoms with van der Waals surface area (Å²) in [4.78, 5) is 28.7. The third-order valence-electron chi connectivity index (χ3n) is 7.68. The maximum atomic E-state index is 11.5. The van der Waals surface area contributed by atoms with Crippen LogP contribution in [0.15, 0.2) is 24.3 Å². The fourth-order valence-corrected chi connectivity index (χ4v) is 7.17. The van der Waals surface area contributed by atoms with E-state index in [1.54, 1.807) is 16.2 Å². The Morgan fingerprint density at radius 2 is 1.89 bits per heavy atom. The summed E-state index contributed by atoms with van der Waals surface area (Å²) in [5.41, 5.74) is 9.43. The van der Waals surface area contributed by atoms with Crippen LogP contribution in [0.3, 0.4) is 0 Å². The number of aryl methyl sites for hydroxylation is 2. The van der Waals surface area contributed by atoms with E-state index in [2.05, 4.69) is 17.9 Å². The summed E-state index contributed by atoms with van der Waals surface area (Å²) in [6.45, 7) is 7.44. The molecule has 2 saturated heterocycles. The molecule has 0 unspecified atom stereocenters. The number of hydrogen-bond donors (Lipinski definition) is 1. The normalized spacial score (nSPS) is 16.6. The largest absolute Gasteiger partial charge is 0.351 e. The second-order valence-corrected chi connectivity index (χ2v) is 12.1. The minimum Gasteiger partial charge on any atom is -0.351 e. The summed E-state index contributed by atoms with van der Waals surface area (Å²) in [5.74, 6) is 0.878. The highest BCUT2D eigenvalue weighted by Gasteiger charge is 2.46. The van der Waals surface area contributed by atoms with Gasteiger partial charge in [-0.15, -0.1) is 5.10 Å². The van der Waals surface area contributed by atoms with Crippen LogP contribution >= 0.6 is 22.7 Å². The molecule has 2 fully saturated rings. The van der Waals surface area contributed by atoms with Crippen LogP contribution in [0.2, 0.25) is 0 Å². The Hall–Kier alpha value is -3.69. The Morgan fingerprint density at radius 3 is 2.53 bits per heavy atom. The third kappa shape index (κ3) is 4.06. The molecule has 38 heavy (non-hydrogen) atoms. The highest BCUT2D eigenvalue weighted by molar-refractivity contribution is 7.20. The lowest BCUT2D eigenvalue weighted by molar-refractivity contribution is 0.0929. The number of urea groups is 1. The second-order valence-electron chi connectivity index (χ2n) is 10.2. The van der Waals surface area contributed by atoms with Gasteiger partial charge < -0.3 is 20.4 Å². The van der Waals surface area contributed by atoms with Gasteiger partial charge in [0.2, 0.25) is 10.1 Å². The van der Waals surface area contributed by atoms with E-state index in [0.29, 0.717) is 10.6 Å². The predicted octanol–water partition coefficient (Wildman–Crippen LogP) is 4.41. The van der Waals surface area contributed by atoms with Gasteiger partial charge in [0, 0.05) is 44.2 Å². The summed E-state index contributed by atoms with van der Waals surface area (Å²) >= 11 is 2.97. The first-order chi connectivity index (χ1) is 18.3. The Kier molecular flexibility index (Phi) is 6.00. The minimum absolute atomic E-state index is 0.231. The van der Waals surface area contributed by atoms with Crippen LogP contribution in [-0.4, -0.2) is 63.7 Å². The van der Waals surface area contributed by atoms with Crippen molar-refractivity contribution in [3.63, 3.8) is 0 Å². The summed E-state index contributed by atoms with van der Waals surface area (Å²) < 4.78 is 1.92. The molecule has 2 N–H and O–H groups in total. The predicted molar refractivity (Wildman–Crippen MR) is 150 cm³/mol. The number of aromatic nitrogens is 4. The van der Waals surface area contributed by atoms with Crippen molar-refractivity contribution < 1.29 is 4.79 Å². The van der Waals surface area contributed by atoms with Gasteiger partial charge in [-0.25, -0.2) is 14.8 Å². The van der Waals surface area contributed by atoms with E-state index >= 15 is 0 Å². The van der Waals surface area contributed by atoms with Crippen LogP contribution in [0.25, 0.3) is 16.2 Å². The number of imidazole rings is 1. The van der Waals surface area contributed by atoms with Gasteiger partial charge in [0.1, 0.15) is 16.6 Å². The Balaban J connectivity index is 1.27. The number of nitriles is 1. The van der Waals surface area contributed by atoms with Crippen molar-refractivity contribution in [2.45, 2.75) is 33.1 Å². The number of piperidine rings is 1. The van der Waals surface area contributed by atoms with Crippen LogP contribution in [0.5, 0.6) is 0 Å². The molecular formula is C26H29N9OS2. The lowest BCUT2D eigenvalue weighted by Crippen LogP contribution is -2.61. The maximum absolute atomic E-state index is 11.5. The van der Waals surface area contributed by atoms with E-state index < -0.39 is 0 Å². The van der Waals surface area contributed by atoms with Crippen molar-refractivity contribution in [2.24, 2.45) is 11.1 Å². The number of benzene rings is 1. The van der Waals surface area contributed by atoms with Crippen molar-refractivity contribution in [1.29, 1.82) is 5.26 Å². The highest BCUT2D eigenvalue weighted by Crippen LogP contribution is 2.44. The topological polar surface area (TPSA) is 120 Å². The quantitative estimate of drug-likeness (QED) is 0.393. The van der Waals surface area contributed by atoms with Gasteiger partial charge in [-0.1, -0.05) is 59.4 Å². The number of thiazole rings is 1. The molecule has 12 heteroatoms. The Morgan fingerprint density at radius 1 is 1.18 bits per heavy atom. The smallest absolute Gasteiger partial charge is 0.314 e. The number of nitrogens with zero attached hydrogens (tertiary/aromatic N) is 8. The fraction of sp³-hybridized carbons (Fsp3) is 0.423. The molecule has 0 saturated carbocycles. The zero-order chi connectivity index (χ0) is 26.6. The molecule has 2 amide bonds. The lowest BCUT2D eigenvalue weighted by Gasteiger charge is -2.53. The summed E-state index contributed by atoms with van der Waals surface area (Å²) in [7, 11) is 1.96. The number of likely N-dealkylation sites (tertiary alicyclic amines) is 1. The van der Waals surface area contributed by atoms with Crippen LogP contribution in [0, 0.1) is 23.7 Å². The van der Waals surface area contributed by atoms with Gasteiger partial charge in [0.25, 0.3) is 0 Å². The van der Waals surface area contributed by atoms with Crippen LogP contribution in [0.1, 0.15) is 35.9 Å². The number of primary amides is 1. The minimum atomic E-state index is -0.325. The fourth-order valence-electron chi connectivity index (χ4n) is 5.41. The zero-order valence-corrected chi connectivity index (χ0v) is 23.3. The molecule has 196 valence electrons. The third-order valence-corrected chi connectivity index (χ3v) is 9.69. The van der Waals surface area contributed by atoms with Crippen LogP contribution < -0.4 is 15.5 Å². The van der Waals surface area contributed by atoms with Crippen molar-refractivity contribution in [3.8, 4) is 17.3 Å². The van der Waals surface area contributed by atoms with Gasteiger partial charge in [0.05, 0.1) is 5.69 Å². The molecule has 0 aliphatic carbocycles. The summed E-state index contributed by atoms with van der Waals surface area (Å²) in [6.07, 6.45) is 2.70. The first kappa shape index (κ1) is 24.6. The van der Waals surface area contributed by atoms with E-state index in [-0.39, 0.29) is 11.4 Å². The van der Waals surface area contributed by atoms with E-state index in [1.807, 2.05) is 47.7 Å². The average Bonchev–Trinajstić information content (AvgIpc) is 3.59. The maximum Gasteiger partial charge on any atom is 0.314 e. The molecule has 2 aliphatic heterocycles. The molecule has 1 aromatic carbocycles. The number of nitrogens with two attached hydrogens (primary N) is 1. The second kappa shape index (κ2) is 9.25. The number of anilines is 3. The van der Waals surface area contributed by atoms with Crippen molar-refractivity contribution >= 4 is 49.7 Å². The average molecular weight is 548 g/mol. The Bertz CT molecular complexity index is 1550. The molecule has 1 spiro atoms. The molecule has 2 aliphatic rings. The van der Waals surface area contributed by atoms with E-state index in [4.69, 9.17) is 20.8 Å². The molecule has 4 aromatic rings. The van der Waals surface area contributed by atoms with Crippen LogP contribution in [-0.2, 0) is 6.42 Å². The van der Waals surface area contributed by atoms with Gasteiger partial charge in [-0.2, -0.15) is 9.78 Å². The first-order valence-corrected chi connectivity index (χ1v) is 14.3. The lowest BCUT2D eigenvalue weighted by atomic mass is 9.72. The first-order valence-electron chi connectivity index (χ1n) is 12.7.